The molecule has 0 aliphatic carbocycles. The zero-order valence-corrected chi connectivity index (χ0v) is 12.5. The molecule has 108 valence electrons. The van der Waals surface area contributed by atoms with Crippen LogP contribution in [0.3, 0.4) is 0 Å². The Bertz CT molecular complexity index is 789. The summed E-state index contributed by atoms with van der Waals surface area (Å²) in [5, 5.41) is 3.55. The van der Waals surface area contributed by atoms with Gasteiger partial charge in [0.25, 0.3) is 0 Å². The Morgan fingerprint density at radius 1 is 0.727 bits per heavy atom. The van der Waals surface area contributed by atoms with Crippen LogP contribution in [-0.2, 0) is 5.41 Å². The lowest BCUT2D eigenvalue weighted by molar-refractivity contribution is 0.689. The van der Waals surface area contributed by atoms with Crippen LogP contribution in [0.4, 0.5) is 17.1 Å². The fraction of sp³-hybridized carbons (Fsp3) is 0.100. The van der Waals surface area contributed by atoms with Crippen LogP contribution >= 0.6 is 0 Å². The van der Waals surface area contributed by atoms with Crippen molar-refractivity contribution in [1.82, 2.24) is 0 Å². The molecule has 4 rings (SSSR count). The largest absolute Gasteiger partial charge is 0.399 e. The molecule has 22 heavy (non-hydrogen) atoms. The number of anilines is 3. The number of benzene rings is 3. The number of hydrogen-bond donors (Lipinski definition) is 2. The van der Waals surface area contributed by atoms with Crippen molar-refractivity contribution in [3.63, 3.8) is 0 Å². The van der Waals surface area contributed by atoms with Gasteiger partial charge >= 0.3 is 0 Å². The zero-order chi connectivity index (χ0) is 15.2. The molecule has 3 N–H and O–H groups in total. The highest BCUT2D eigenvalue weighted by Gasteiger charge is 2.37. The van der Waals surface area contributed by atoms with E-state index >= 15 is 0 Å². The molecule has 0 atom stereocenters. The van der Waals surface area contributed by atoms with Gasteiger partial charge in [-0.25, -0.2) is 0 Å². The van der Waals surface area contributed by atoms with E-state index in [2.05, 4.69) is 72.9 Å². The molecule has 0 radical (unpaired) electrons. The van der Waals surface area contributed by atoms with Crippen LogP contribution in [-0.4, -0.2) is 0 Å². The third kappa shape index (κ3) is 1.74. The van der Waals surface area contributed by atoms with Gasteiger partial charge in [-0.15, -0.1) is 0 Å². The average Bonchev–Trinajstić information content (AvgIpc) is 2.56. The molecular formula is C20H18N2. The topological polar surface area (TPSA) is 38.0 Å². The summed E-state index contributed by atoms with van der Waals surface area (Å²) in [5.74, 6) is 0. The van der Waals surface area contributed by atoms with Crippen molar-refractivity contribution in [3.8, 4) is 0 Å². The molecule has 1 aliphatic rings. The summed E-state index contributed by atoms with van der Waals surface area (Å²) >= 11 is 0. The van der Waals surface area contributed by atoms with Gasteiger partial charge in [0, 0.05) is 22.5 Å². The Morgan fingerprint density at radius 2 is 1.23 bits per heavy atom. The fourth-order valence-electron chi connectivity index (χ4n) is 3.47. The van der Waals surface area contributed by atoms with Gasteiger partial charge in [-0.2, -0.15) is 0 Å². The van der Waals surface area contributed by atoms with E-state index < -0.39 is 0 Å². The van der Waals surface area contributed by atoms with Crippen molar-refractivity contribution in [2.45, 2.75) is 12.3 Å². The van der Waals surface area contributed by atoms with Crippen LogP contribution in [0, 0.1) is 0 Å². The molecule has 0 unspecified atom stereocenters. The molecule has 0 bridgehead atoms. The van der Waals surface area contributed by atoms with E-state index in [1.54, 1.807) is 0 Å². The quantitative estimate of drug-likeness (QED) is 0.637. The number of nitrogens with two attached hydrogens (primary N) is 1. The van der Waals surface area contributed by atoms with Crippen molar-refractivity contribution < 1.29 is 0 Å². The van der Waals surface area contributed by atoms with Crippen molar-refractivity contribution in [2.24, 2.45) is 0 Å². The maximum atomic E-state index is 5.88. The molecular weight excluding hydrogens is 268 g/mol. The minimum Gasteiger partial charge on any atom is -0.399 e. The minimum absolute atomic E-state index is 0.188. The van der Waals surface area contributed by atoms with Crippen LogP contribution in [0.1, 0.15) is 23.6 Å². The SMILES string of the molecule is CC1(c2ccc(N)cc2)c2ccccc2Nc2ccccc21. The first-order valence-corrected chi connectivity index (χ1v) is 7.51. The molecule has 1 heterocycles. The molecule has 0 saturated carbocycles. The predicted molar refractivity (Wildman–Crippen MR) is 92.6 cm³/mol. The second-order valence-electron chi connectivity index (χ2n) is 5.96. The Morgan fingerprint density at radius 3 is 1.77 bits per heavy atom. The van der Waals surface area contributed by atoms with E-state index in [0.717, 1.165) is 5.69 Å². The summed E-state index contributed by atoms with van der Waals surface area (Å²) in [4.78, 5) is 0. The van der Waals surface area contributed by atoms with E-state index in [0.29, 0.717) is 0 Å². The minimum atomic E-state index is -0.188. The van der Waals surface area contributed by atoms with Gasteiger partial charge in [0.15, 0.2) is 0 Å². The van der Waals surface area contributed by atoms with E-state index in [1.807, 2.05) is 12.1 Å². The smallest absolute Gasteiger partial charge is 0.0464 e. The standard InChI is InChI=1S/C20H18N2/c1-20(14-10-12-15(21)13-11-14)16-6-2-4-8-18(16)22-19-9-5-3-7-17(19)20/h2-13,22H,21H2,1H3. The van der Waals surface area contributed by atoms with Crippen molar-refractivity contribution in [2.75, 3.05) is 11.1 Å². The second kappa shape index (κ2) is 4.63. The summed E-state index contributed by atoms with van der Waals surface area (Å²) in [6.07, 6.45) is 0. The Hall–Kier alpha value is -2.74. The van der Waals surface area contributed by atoms with E-state index in [-0.39, 0.29) is 5.41 Å². The molecule has 0 spiro atoms. The normalized spacial score (nSPS) is 14.6. The molecule has 2 heteroatoms. The fourth-order valence-corrected chi connectivity index (χ4v) is 3.47. The lowest BCUT2D eigenvalue weighted by atomic mass is 9.68. The number of fused-ring (bicyclic) bond motifs is 2. The van der Waals surface area contributed by atoms with Gasteiger partial charge in [-0.1, -0.05) is 48.5 Å². The van der Waals surface area contributed by atoms with Crippen molar-refractivity contribution >= 4 is 17.1 Å². The lowest BCUT2D eigenvalue weighted by Gasteiger charge is -2.39. The van der Waals surface area contributed by atoms with E-state index in [1.165, 1.54) is 28.1 Å². The highest BCUT2D eigenvalue weighted by molar-refractivity contribution is 5.78. The molecule has 0 aromatic heterocycles. The third-order valence-electron chi connectivity index (χ3n) is 4.69. The van der Waals surface area contributed by atoms with Gasteiger partial charge in [-0.05, 0) is 47.9 Å². The van der Waals surface area contributed by atoms with Gasteiger partial charge in [0.1, 0.15) is 0 Å². The third-order valence-corrected chi connectivity index (χ3v) is 4.69. The Balaban J connectivity index is 2.03. The number of nitrogens with one attached hydrogen (secondary N) is 1. The van der Waals surface area contributed by atoms with Crippen molar-refractivity contribution in [3.05, 3.63) is 89.5 Å². The maximum absolute atomic E-state index is 5.88. The number of para-hydroxylation sites is 2. The van der Waals surface area contributed by atoms with Crippen LogP contribution in [0.25, 0.3) is 0 Å². The Kier molecular flexibility index (Phi) is 2.73. The summed E-state index contributed by atoms with van der Waals surface area (Å²) in [6, 6.07) is 25.3. The number of nitrogen functional groups attached to an aromatic ring is 1. The van der Waals surface area contributed by atoms with Crippen LogP contribution in [0.2, 0.25) is 0 Å². The molecule has 2 nitrogen and oxygen atoms in total. The average molecular weight is 286 g/mol. The molecule has 3 aromatic rings. The highest BCUT2D eigenvalue weighted by Crippen LogP contribution is 2.49. The number of rotatable bonds is 1. The summed E-state index contributed by atoms with van der Waals surface area (Å²) in [7, 11) is 0. The first-order chi connectivity index (χ1) is 10.7. The van der Waals surface area contributed by atoms with Gasteiger partial charge in [0.2, 0.25) is 0 Å². The maximum Gasteiger partial charge on any atom is 0.0464 e. The number of hydrogen-bond acceptors (Lipinski definition) is 2. The highest BCUT2D eigenvalue weighted by atomic mass is 14.9. The molecule has 0 amide bonds. The molecule has 1 aliphatic heterocycles. The van der Waals surface area contributed by atoms with E-state index in [4.69, 9.17) is 5.73 Å². The van der Waals surface area contributed by atoms with Gasteiger partial charge in [0.05, 0.1) is 0 Å². The monoisotopic (exact) mass is 286 g/mol. The first-order valence-electron chi connectivity index (χ1n) is 7.51. The lowest BCUT2D eigenvalue weighted by Crippen LogP contribution is -2.30. The van der Waals surface area contributed by atoms with E-state index in [9.17, 15) is 0 Å². The van der Waals surface area contributed by atoms with Gasteiger partial charge in [-0.3, -0.25) is 0 Å². The predicted octanol–water partition coefficient (Wildman–Crippen LogP) is 4.68. The van der Waals surface area contributed by atoms with Crippen LogP contribution < -0.4 is 11.1 Å². The Labute approximate surface area is 130 Å². The molecule has 0 saturated heterocycles. The second-order valence-corrected chi connectivity index (χ2v) is 5.96. The first kappa shape index (κ1) is 13.0. The summed E-state index contributed by atoms with van der Waals surface area (Å²) in [6.45, 7) is 2.29. The molecule has 3 aromatic carbocycles. The van der Waals surface area contributed by atoms with Crippen LogP contribution in [0.15, 0.2) is 72.8 Å². The summed E-state index contributed by atoms with van der Waals surface area (Å²) in [5.41, 5.74) is 12.6. The van der Waals surface area contributed by atoms with Crippen LogP contribution in [0.5, 0.6) is 0 Å². The zero-order valence-electron chi connectivity index (χ0n) is 12.5. The van der Waals surface area contributed by atoms with Crippen molar-refractivity contribution in [1.29, 1.82) is 0 Å². The molecule has 0 fully saturated rings. The summed E-state index contributed by atoms with van der Waals surface area (Å²) < 4.78 is 0. The van der Waals surface area contributed by atoms with Gasteiger partial charge < -0.3 is 11.1 Å².